The average Bonchev–Trinajstić information content (AvgIpc) is 2.46. The Bertz CT molecular complexity index is 410. The zero-order chi connectivity index (χ0) is 14.6. The molecule has 1 aromatic rings. The Hall–Kier alpha value is -1.20. The van der Waals surface area contributed by atoms with Gasteiger partial charge in [0.1, 0.15) is 0 Å². The summed E-state index contributed by atoms with van der Waals surface area (Å²) in [7, 11) is 1.71. The highest BCUT2D eigenvalue weighted by molar-refractivity contribution is 7.98. The molecule has 0 unspecified atom stereocenters. The molecule has 0 amide bonds. The van der Waals surface area contributed by atoms with Crippen molar-refractivity contribution in [2.24, 2.45) is 4.99 Å². The third-order valence-electron chi connectivity index (χ3n) is 2.66. The third kappa shape index (κ3) is 6.82. The van der Waals surface area contributed by atoms with E-state index < -0.39 is 0 Å². The van der Waals surface area contributed by atoms with E-state index in [1.165, 1.54) is 11.1 Å². The van der Waals surface area contributed by atoms with Crippen LogP contribution in [-0.2, 0) is 17.9 Å². The van der Waals surface area contributed by atoms with Crippen LogP contribution in [0.5, 0.6) is 0 Å². The molecule has 0 spiro atoms. The number of thioether (sulfide) groups is 1. The predicted molar refractivity (Wildman–Crippen MR) is 88.4 cm³/mol. The lowest BCUT2D eigenvalue weighted by atomic mass is 10.1. The van der Waals surface area contributed by atoms with E-state index in [0.717, 1.165) is 24.8 Å². The van der Waals surface area contributed by atoms with Crippen molar-refractivity contribution in [3.8, 4) is 0 Å². The number of hydrogen-bond acceptors (Lipinski definition) is 3. The molecule has 0 radical (unpaired) electrons. The van der Waals surface area contributed by atoms with Gasteiger partial charge in [0, 0.05) is 26.0 Å². The minimum Gasteiger partial charge on any atom is -0.380 e. The molecule has 2 N–H and O–H groups in total. The molecule has 5 heteroatoms. The second kappa shape index (κ2) is 10.6. The van der Waals surface area contributed by atoms with Gasteiger partial charge in [-0.15, -0.1) is 0 Å². The minimum atomic E-state index is 0.642. The lowest BCUT2D eigenvalue weighted by Crippen LogP contribution is -2.38. The largest absolute Gasteiger partial charge is 0.380 e. The van der Waals surface area contributed by atoms with Crippen molar-refractivity contribution in [1.29, 1.82) is 0 Å². The molecule has 0 heterocycles. The van der Waals surface area contributed by atoms with E-state index in [0.29, 0.717) is 13.2 Å². The maximum atomic E-state index is 5.15. The van der Waals surface area contributed by atoms with E-state index in [2.05, 4.69) is 47.0 Å². The summed E-state index contributed by atoms with van der Waals surface area (Å²) < 4.78 is 5.15. The summed E-state index contributed by atoms with van der Waals surface area (Å²) in [6.45, 7) is 5.19. The second-order valence-corrected chi connectivity index (χ2v) is 5.35. The minimum absolute atomic E-state index is 0.642. The molecule has 0 saturated heterocycles. The molecule has 0 aromatic heterocycles. The molecule has 112 valence electrons. The molecule has 1 aromatic carbocycles. The van der Waals surface area contributed by atoms with Crippen molar-refractivity contribution in [2.75, 3.05) is 32.2 Å². The Balaban J connectivity index is 2.58. The van der Waals surface area contributed by atoms with E-state index in [9.17, 15) is 0 Å². The van der Waals surface area contributed by atoms with Gasteiger partial charge in [0.2, 0.25) is 0 Å². The number of aliphatic imine (C=N–C) groups is 1. The number of rotatable bonds is 8. The monoisotopic (exact) mass is 295 g/mol. The van der Waals surface area contributed by atoms with Crippen molar-refractivity contribution in [1.82, 2.24) is 10.6 Å². The van der Waals surface area contributed by atoms with Crippen LogP contribution in [0.3, 0.4) is 0 Å². The Labute approximate surface area is 126 Å². The Morgan fingerprint density at radius 2 is 2.10 bits per heavy atom. The molecular formula is C15H25N3OS. The van der Waals surface area contributed by atoms with Gasteiger partial charge >= 0.3 is 0 Å². The number of nitrogens with one attached hydrogen (secondary N) is 2. The van der Waals surface area contributed by atoms with Crippen LogP contribution in [0.2, 0.25) is 0 Å². The van der Waals surface area contributed by atoms with Crippen molar-refractivity contribution >= 4 is 17.7 Å². The van der Waals surface area contributed by atoms with Crippen molar-refractivity contribution in [3.63, 3.8) is 0 Å². The molecule has 0 atom stereocenters. The number of ether oxygens (including phenoxy) is 1. The highest BCUT2D eigenvalue weighted by atomic mass is 32.2. The lowest BCUT2D eigenvalue weighted by Gasteiger charge is -2.10. The molecule has 0 aliphatic carbocycles. The molecule has 1 rings (SSSR count). The Kier molecular flexibility index (Phi) is 8.91. The molecule has 4 nitrogen and oxygen atoms in total. The molecular weight excluding hydrogens is 270 g/mol. The van der Waals surface area contributed by atoms with Crippen LogP contribution in [0, 0.1) is 0 Å². The van der Waals surface area contributed by atoms with Gasteiger partial charge in [0.05, 0.1) is 13.2 Å². The summed E-state index contributed by atoms with van der Waals surface area (Å²) in [6, 6.07) is 8.35. The summed E-state index contributed by atoms with van der Waals surface area (Å²) in [5.41, 5.74) is 2.38. The fourth-order valence-electron chi connectivity index (χ4n) is 1.77. The number of methoxy groups -OCH3 is 1. The molecule has 0 aliphatic heterocycles. The first kappa shape index (κ1) is 16.9. The standard InChI is InChI=1S/C15H25N3OS/c1-4-16-15(17-8-9-20-3)18-11-13-6-5-7-14(10-13)12-19-2/h5-7,10H,4,8-9,11-12H2,1-3H3,(H2,16,17,18). The van der Waals surface area contributed by atoms with E-state index in [1.54, 1.807) is 7.11 Å². The molecule has 0 fully saturated rings. The highest BCUT2D eigenvalue weighted by Crippen LogP contribution is 2.07. The average molecular weight is 295 g/mol. The van der Waals surface area contributed by atoms with Crippen molar-refractivity contribution in [2.45, 2.75) is 20.1 Å². The maximum Gasteiger partial charge on any atom is 0.191 e. The fourth-order valence-corrected chi connectivity index (χ4v) is 2.07. The van der Waals surface area contributed by atoms with Gasteiger partial charge in [0.25, 0.3) is 0 Å². The van der Waals surface area contributed by atoms with E-state index in [4.69, 9.17) is 4.74 Å². The van der Waals surface area contributed by atoms with Crippen LogP contribution in [0.25, 0.3) is 0 Å². The Morgan fingerprint density at radius 3 is 2.80 bits per heavy atom. The second-order valence-electron chi connectivity index (χ2n) is 4.37. The Morgan fingerprint density at radius 1 is 1.30 bits per heavy atom. The molecule has 0 aliphatic rings. The fraction of sp³-hybridized carbons (Fsp3) is 0.533. The van der Waals surface area contributed by atoms with E-state index in [1.807, 2.05) is 17.8 Å². The van der Waals surface area contributed by atoms with Gasteiger partial charge in [-0.1, -0.05) is 24.3 Å². The summed E-state index contributed by atoms with van der Waals surface area (Å²) in [4.78, 5) is 4.60. The van der Waals surface area contributed by atoms with Gasteiger partial charge in [-0.3, -0.25) is 0 Å². The number of hydrogen-bond donors (Lipinski definition) is 2. The van der Waals surface area contributed by atoms with Crippen molar-refractivity contribution < 1.29 is 4.74 Å². The number of guanidine groups is 1. The quantitative estimate of drug-likeness (QED) is 0.439. The molecule has 0 bridgehead atoms. The zero-order valence-electron chi connectivity index (χ0n) is 12.6. The van der Waals surface area contributed by atoms with E-state index >= 15 is 0 Å². The van der Waals surface area contributed by atoms with Gasteiger partial charge in [-0.25, -0.2) is 4.99 Å². The van der Waals surface area contributed by atoms with Crippen LogP contribution in [-0.4, -0.2) is 38.2 Å². The first-order chi connectivity index (χ1) is 9.80. The zero-order valence-corrected chi connectivity index (χ0v) is 13.4. The van der Waals surface area contributed by atoms with Gasteiger partial charge < -0.3 is 15.4 Å². The van der Waals surface area contributed by atoms with Crippen LogP contribution in [0.15, 0.2) is 29.3 Å². The summed E-state index contributed by atoms with van der Waals surface area (Å²) in [6.07, 6.45) is 2.10. The summed E-state index contributed by atoms with van der Waals surface area (Å²) >= 11 is 1.82. The van der Waals surface area contributed by atoms with Gasteiger partial charge in [-0.2, -0.15) is 11.8 Å². The van der Waals surface area contributed by atoms with Gasteiger partial charge in [0.15, 0.2) is 5.96 Å². The third-order valence-corrected chi connectivity index (χ3v) is 3.28. The number of nitrogens with zero attached hydrogens (tertiary/aromatic N) is 1. The topological polar surface area (TPSA) is 45.7 Å². The van der Waals surface area contributed by atoms with Gasteiger partial charge in [-0.05, 0) is 24.3 Å². The summed E-state index contributed by atoms with van der Waals surface area (Å²) in [5, 5.41) is 6.58. The smallest absolute Gasteiger partial charge is 0.191 e. The van der Waals surface area contributed by atoms with Crippen molar-refractivity contribution in [3.05, 3.63) is 35.4 Å². The van der Waals surface area contributed by atoms with E-state index in [-0.39, 0.29) is 0 Å². The highest BCUT2D eigenvalue weighted by Gasteiger charge is 1.98. The van der Waals surface area contributed by atoms with Crippen LogP contribution >= 0.6 is 11.8 Å². The first-order valence-corrected chi connectivity index (χ1v) is 8.27. The predicted octanol–water partition coefficient (Wildman–Crippen LogP) is 2.25. The SMILES string of the molecule is CCNC(=NCc1cccc(COC)c1)NCCSC. The van der Waals surface area contributed by atoms with Crippen LogP contribution in [0.4, 0.5) is 0 Å². The van der Waals surface area contributed by atoms with Crippen LogP contribution < -0.4 is 10.6 Å². The number of benzene rings is 1. The first-order valence-electron chi connectivity index (χ1n) is 6.88. The molecule has 20 heavy (non-hydrogen) atoms. The van der Waals surface area contributed by atoms with Crippen LogP contribution in [0.1, 0.15) is 18.1 Å². The normalized spacial score (nSPS) is 11.4. The lowest BCUT2D eigenvalue weighted by molar-refractivity contribution is 0.185. The maximum absolute atomic E-state index is 5.15. The summed E-state index contributed by atoms with van der Waals surface area (Å²) in [5.74, 6) is 1.95. The molecule has 0 saturated carbocycles.